The molecule has 0 aliphatic rings. The maximum absolute atomic E-state index is 11.3. The topological polar surface area (TPSA) is 57.6 Å². The Morgan fingerprint density at radius 3 is 2.38 bits per heavy atom. The quantitative estimate of drug-likeness (QED) is 0.638. The Balaban J connectivity index is 4.20. The molecule has 1 N–H and O–H groups in total. The highest BCUT2D eigenvalue weighted by Gasteiger charge is 2.18. The number of aliphatic hydroxyl groups is 1. The number of nitrogens with zero attached hydrogens (tertiary/aromatic N) is 1. The van der Waals surface area contributed by atoms with E-state index in [2.05, 4.69) is 12.6 Å². The highest BCUT2D eigenvalue weighted by Crippen LogP contribution is 1.99. The first-order valence-electron chi connectivity index (χ1n) is 4.09. The van der Waals surface area contributed by atoms with Gasteiger partial charge in [-0.3, -0.25) is 14.5 Å². The molecule has 13 heavy (non-hydrogen) atoms. The average Bonchev–Trinajstić information content (AvgIpc) is 1.97. The summed E-state index contributed by atoms with van der Waals surface area (Å²) in [5.74, 6) is -0.221. The van der Waals surface area contributed by atoms with Gasteiger partial charge in [0.15, 0.2) is 0 Å². The average molecular weight is 205 g/mol. The van der Waals surface area contributed by atoms with Crippen LogP contribution in [-0.4, -0.2) is 40.2 Å². The molecule has 76 valence electrons. The van der Waals surface area contributed by atoms with Crippen molar-refractivity contribution in [3.05, 3.63) is 0 Å². The molecule has 4 nitrogen and oxygen atoms in total. The number of imide groups is 1. The van der Waals surface area contributed by atoms with Gasteiger partial charge in [-0.15, -0.1) is 0 Å². The SMILES string of the molecule is CC(=O)N(CCS)C(=O)C[C@H](C)O. The second-order valence-electron chi connectivity index (χ2n) is 2.84. The third-order valence-corrected chi connectivity index (χ3v) is 1.67. The van der Waals surface area contributed by atoms with Crippen LogP contribution in [0.4, 0.5) is 0 Å². The minimum absolute atomic E-state index is 0.0205. The largest absolute Gasteiger partial charge is 0.393 e. The van der Waals surface area contributed by atoms with Crippen molar-refractivity contribution in [2.24, 2.45) is 0 Å². The summed E-state index contributed by atoms with van der Waals surface area (Å²) >= 11 is 3.93. The van der Waals surface area contributed by atoms with Gasteiger partial charge in [0, 0.05) is 19.2 Å². The molecule has 0 fully saturated rings. The Morgan fingerprint density at radius 2 is 2.08 bits per heavy atom. The Kier molecular flexibility index (Phi) is 5.73. The van der Waals surface area contributed by atoms with Gasteiger partial charge in [0.1, 0.15) is 0 Å². The molecule has 0 unspecified atom stereocenters. The van der Waals surface area contributed by atoms with E-state index in [0.717, 1.165) is 4.90 Å². The summed E-state index contributed by atoms with van der Waals surface area (Å²) in [7, 11) is 0. The minimum Gasteiger partial charge on any atom is -0.393 e. The van der Waals surface area contributed by atoms with Crippen LogP contribution in [0, 0.1) is 0 Å². The van der Waals surface area contributed by atoms with Crippen LogP contribution in [0.2, 0.25) is 0 Å². The van der Waals surface area contributed by atoms with Crippen LogP contribution in [-0.2, 0) is 9.59 Å². The lowest BCUT2D eigenvalue weighted by Crippen LogP contribution is -2.38. The number of carbonyl (C=O) groups is 2. The number of aliphatic hydroxyl groups excluding tert-OH is 1. The van der Waals surface area contributed by atoms with Crippen molar-refractivity contribution in [2.75, 3.05) is 12.3 Å². The Morgan fingerprint density at radius 1 is 1.54 bits per heavy atom. The molecule has 0 saturated heterocycles. The van der Waals surface area contributed by atoms with E-state index in [4.69, 9.17) is 5.11 Å². The van der Waals surface area contributed by atoms with E-state index in [1.54, 1.807) is 0 Å². The van der Waals surface area contributed by atoms with Crippen molar-refractivity contribution in [1.82, 2.24) is 4.90 Å². The van der Waals surface area contributed by atoms with Crippen LogP contribution in [0.15, 0.2) is 0 Å². The zero-order chi connectivity index (χ0) is 10.4. The maximum atomic E-state index is 11.3. The third kappa shape index (κ3) is 4.90. The van der Waals surface area contributed by atoms with Crippen molar-refractivity contribution in [3.8, 4) is 0 Å². The first-order chi connectivity index (χ1) is 5.99. The lowest BCUT2D eigenvalue weighted by molar-refractivity contribution is -0.144. The third-order valence-electron chi connectivity index (χ3n) is 1.47. The second-order valence-corrected chi connectivity index (χ2v) is 3.29. The number of amides is 2. The normalized spacial score (nSPS) is 12.3. The van der Waals surface area contributed by atoms with Crippen LogP contribution in [0.1, 0.15) is 20.3 Å². The molecule has 0 saturated carbocycles. The van der Waals surface area contributed by atoms with Crippen molar-refractivity contribution < 1.29 is 14.7 Å². The maximum Gasteiger partial charge on any atom is 0.231 e. The van der Waals surface area contributed by atoms with Gasteiger partial charge in [-0.05, 0) is 6.92 Å². The van der Waals surface area contributed by atoms with Gasteiger partial charge in [0.2, 0.25) is 11.8 Å². The van der Waals surface area contributed by atoms with Crippen LogP contribution < -0.4 is 0 Å². The van der Waals surface area contributed by atoms with E-state index >= 15 is 0 Å². The molecule has 5 heteroatoms. The van der Waals surface area contributed by atoms with Gasteiger partial charge >= 0.3 is 0 Å². The highest BCUT2D eigenvalue weighted by molar-refractivity contribution is 7.80. The van der Waals surface area contributed by atoms with Crippen molar-refractivity contribution in [2.45, 2.75) is 26.4 Å². The molecular weight excluding hydrogens is 190 g/mol. The highest BCUT2D eigenvalue weighted by atomic mass is 32.1. The molecule has 0 aliphatic carbocycles. The van der Waals surface area contributed by atoms with Crippen LogP contribution >= 0.6 is 12.6 Å². The van der Waals surface area contributed by atoms with Crippen LogP contribution in [0.5, 0.6) is 0 Å². The van der Waals surface area contributed by atoms with Gasteiger partial charge in [-0.1, -0.05) is 0 Å². The van der Waals surface area contributed by atoms with E-state index in [-0.39, 0.29) is 18.2 Å². The van der Waals surface area contributed by atoms with Crippen molar-refractivity contribution >= 4 is 24.4 Å². The van der Waals surface area contributed by atoms with Crippen molar-refractivity contribution in [3.63, 3.8) is 0 Å². The molecular formula is C8H15NO3S. The minimum atomic E-state index is -0.714. The number of carbonyl (C=O) groups excluding carboxylic acids is 2. The molecule has 0 spiro atoms. The fourth-order valence-corrected chi connectivity index (χ4v) is 1.12. The van der Waals surface area contributed by atoms with Crippen molar-refractivity contribution in [1.29, 1.82) is 0 Å². The fraction of sp³-hybridized carbons (Fsp3) is 0.750. The Hall–Kier alpha value is -0.550. The van der Waals surface area contributed by atoms with Gasteiger partial charge in [0.25, 0.3) is 0 Å². The number of rotatable bonds is 4. The zero-order valence-electron chi connectivity index (χ0n) is 7.86. The van der Waals surface area contributed by atoms with Crippen LogP contribution in [0.25, 0.3) is 0 Å². The molecule has 0 aromatic rings. The van der Waals surface area contributed by atoms with E-state index in [0.29, 0.717) is 12.3 Å². The molecule has 0 aromatic carbocycles. The molecule has 2 amide bonds. The number of hydrogen-bond acceptors (Lipinski definition) is 4. The van der Waals surface area contributed by atoms with Gasteiger partial charge in [-0.25, -0.2) is 0 Å². The monoisotopic (exact) mass is 205 g/mol. The van der Waals surface area contributed by atoms with E-state index in [1.807, 2.05) is 0 Å². The molecule has 1 atom stereocenters. The molecule has 0 heterocycles. The fourth-order valence-electron chi connectivity index (χ4n) is 0.921. The Labute approximate surface area is 83.3 Å². The first kappa shape index (κ1) is 12.4. The predicted molar refractivity (Wildman–Crippen MR) is 52.5 cm³/mol. The second kappa shape index (κ2) is 5.99. The van der Waals surface area contributed by atoms with E-state index in [1.165, 1.54) is 13.8 Å². The standard InChI is InChI=1S/C8H15NO3S/c1-6(10)5-8(12)9(3-4-13)7(2)11/h6,10,13H,3-5H2,1-2H3/t6-/m0/s1. The van der Waals surface area contributed by atoms with Gasteiger partial charge in [0.05, 0.1) is 12.5 Å². The summed E-state index contributed by atoms with van der Waals surface area (Å²) in [4.78, 5) is 23.3. The lowest BCUT2D eigenvalue weighted by Gasteiger charge is -2.18. The molecule has 0 bridgehead atoms. The summed E-state index contributed by atoms with van der Waals surface area (Å²) in [5.41, 5.74) is 0. The summed E-state index contributed by atoms with van der Waals surface area (Å²) < 4.78 is 0. The molecule has 0 rings (SSSR count). The van der Waals surface area contributed by atoms with E-state index < -0.39 is 6.10 Å². The van der Waals surface area contributed by atoms with Crippen LogP contribution in [0.3, 0.4) is 0 Å². The number of hydrogen-bond donors (Lipinski definition) is 2. The first-order valence-corrected chi connectivity index (χ1v) is 4.72. The zero-order valence-corrected chi connectivity index (χ0v) is 8.75. The summed E-state index contributed by atoms with van der Waals surface area (Å²) in [5, 5.41) is 8.94. The Bertz CT molecular complexity index is 194. The predicted octanol–water partition coefficient (Wildman–Crippen LogP) is 0.0622. The summed E-state index contributed by atoms with van der Waals surface area (Å²) in [6.07, 6.45) is -0.734. The lowest BCUT2D eigenvalue weighted by atomic mass is 10.2. The smallest absolute Gasteiger partial charge is 0.231 e. The number of thiol groups is 1. The molecule has 0 aliphatic heterocycles. The van der Waals surface area contributed by atoms with Gasteiger partial charge in [-0.2, -0.15) is 12.6 Å². The molecule has 0 aromatic heterocycles. The summed E-state index contributed by atoms with van der Waals surface area (Å²) in [6, 6.07) is 0. The molecule has 0 radical (unpaired) electrons. The summed E-state index contributed by atoms with van der Waals surface area (Å²) in [6.45, 7) is 3.13. The van der Waals surface area contributed by atoms with Gasteiger partial charge < -0.3 is 5.11 Å². The van der Waals surface area contributed by atoms with E-state index in [9.17, 15) is 9.59 Å².